The van der Waals surface area contributed by atoms with E-state index in [0.717, 1.165) is 17.4 Å². The molecule has 1 rings (SSSR count). The first-order chi connectivity index (χ1) is 7.78. The Morgan fingerprint density at radius 2 is 1.62 bits per heavy atom. The van der Waals surface area contributed by atoms with Gasteiger partial charge in [-0.2, -0.15) is 0 Å². The number of rotatable bonds is 5. The van der Waals surface area contributed by atoms with Crippen molar-refractivity contribution in [2.45, 2.75) is 26.2 Å². The third kappa shape index (κ3) is 7.41. The summed E-state index contributed by atoms with van der Waals surface area (Å²) < 4.78 is 9.95. The normalized spacial score (nSPS) is 9.00. The van der Waals surface area contributed by atoms with Crippen LogP contribution in [-0.2, 0) is 0 Å². The molecule has 0 N–H and O–H groups in total. The van der Waals surface area contributed by atoms with Crippen molar-refractivity contribution in [3.05, 3.63) is 24.3 Å². The fourth-order valence-corrected chi connectivity index (χ4v) is 1.26. The van der Waals surface area contributed by atoms with Gasteiger partial charge < -0.3 is 9.47 Å². The monoisotopic (exact) mass is 244 g/mol. The molecule has 92 valence electrons. The molecular weight excluding hydrogens is 224 g/mol. The van der Waals surface area contributed by atoms with Crippen molar-refractivity contribution in [1.82, 2.24) is 0 Å². The highest BCUT2D eigenvalue weighted by Crippen LogP contribution is 2.17. The Labute approximate surface area is 104 Å². The maximum Gasteiger partial charge on any atom is 0.122 e. The van der Waals surface area contributed by atoms with Gasteiger partial charge >= 0.3 is 0 Å². The molecule has 0 spiro atoms. The van der Waals surface area contributed by atoms with Gasteiger partial charge in [0.1, 0.15) is 11.5 Å². The van der Waals surface area contributed by atoms with Crippen molar-refractivity contribution in [2.75, 3.05) is 20.1 Å². The van der Waals surface area contributed by atoms with Crippen LogP contribution in [0.15, 0.2) is 24.3 Å². The van der Waals surface area contributed by atoms with Gasteiger partial charge in [0.15, 0.2) is 0 Å². The Bertz CT molecular complexity index is 241. The number of ether oxygens (including phenoxy) is 2. The maximum atomic E-state index is 5.38. The molecule has 0 saturated carbocycles. The van der Waals surface area contributed by atoms with E-state index in [2.05, 4.69) is 6.92 Å². The topological polar surface area (TPSA) is 18.5 Å². The van der Waals surface area contributed by atoms with E-state index in [9.17, 15) is 0 Å². The van der Waals surface area contributed by atoms with Crippen molar-refractivity contribution < 1.29 is 9.47 Å². The molecule has 0 heterocycles. The van der Waals surface area contributed by atoms with E-state index in [-0.39, 0.29) is 0 Å². The van der Waals surface area contributed by atoms with Crippen LogP contribution >= 0.6 is 11.6 Å². The second-order valence-corrected chi connectivity index (χ2v) is 3.66. The zero-order valence-electron chi connectivity index (χ0n) is 10.3. The summed E-state index contributed by atoms with van der Waals surface area (Å²) in [6.45, 7) is 2.17. The molecule has 0 aliphatic carbocycles. The van der Waals surface area contributed by atoms with Crippen molar-refractivity contribution >= 4 is 11.6 Å². The zero-order valence-corrected chi connectivity index (χ0v) is 11.1. The minimum absolute atomic E-state index is 0.819. The molecule has 3 heteroatoms. The Hall–Kier alpha value is -0.890. The van der Waals surface area contributed by atoms with Gasteiger partial charge in [0.05, 0.1) is 14.2 Å². The number of unbranched alkanes of at least 4 members (excludes halogenated alkanes) is 2. The fourth-order valence-electron chi connectivity index (χ4n) is 1.07. The van der Waals surface area contributed by atoms with E-state index < -0.39 is 0 Å². The van der Waals surface area contributed by atoms with Crippen LogP contribution in [0.5, 0.6) is 11.5 Å². The Balaban J connectivity index is 0.000000325. The van der Waals surface area contributed by atoms with Gasteiger partial charge in [-0.1, -0.05) is 25.8 Å². The van der Waals surface area contributed by atoms with Crippen LogP contribution in [0.1, 0.15) is 26.2 Å². The lowest BCUT2D eigenvalue weighted by atomic mass is 10.3. The van der Waals surface area contributed by atoms with Crippen molar-refractivity contribution in [1.29, 1.82) is 0 Å². The van der Waals surface area contributed by atoms with Gasteiger partial charge in [0.25, 0.3) is 0 Å². The van der Waals surface area contributed by atoms with Crippen LogP contribution in [0.4, 0.5) is 0 Å². The SMILES string of the molecule is CCCCCCl.COc1cccc(OC)c1. The number of methoxy groups -OCH3 is 2. The van der Waals surface area contributed by atoms with Crippen molar-refractivity contribution in [2.24, 2.45) is 0 Å². The molecule has 0 aliphatic rings. The molecule has 0 aromatic heterocycles. The Morgan fingerprint density at radius 1 is 1.06 bits per heavy atom. The first-order valence-electron chi connectivity index (χ1n) is 5.52. The summed E-state index contributed by atoms with van der Waals surface area (Å²) in [6, 6.07) is 7.47. The predicted molar refractivity (Wildman–Crippen MR) is 69.8 cm³/mol. The summed E-state index contributed by atoms with van der Waals surface area (Å²) in [5, 5.41) is 0. The zero-order chi connectivity index (χ0) is 12.2. The highest BCUT2D eigenvalue weighted by atomic mass is 35.5. The minimum Gasteiger partial charge on any atom is -0.497 e. The summed E-state index contributed by atoms with van der Waals surface area (Å²) >= 11 is 5.38. The molecule has 1 aromatic rings. The van der Waals surface area contributed by atoms with Crippen LogP contribution in [-0.4, -0.2) is 20.1 Å². The average molecular weight is 245 g/mol. The van der Waals surface area contributed by atoms with Crippen molar-refractivity contribution in [3.8, 4) is 11.5 Å². The van der Waals surface area contributed by atoms with Gasteiger partial charge in [0.2, 0.25) is 0 Å². The van der Waals surface area contributed by atoms with E-state index in [1.165, 1.54) is 19.3 Å². The van der Waals surface area contributed by atoms with Gasteiger partial charge in [-0.3, -0.25) is 0 Å². The third-order valence-electron chi connectivity index (χ3n) is 2.01. The molecule has 0 amide bonds. The van der Waals surface area contributed by atoms with Gasteiger partial charge in [0, 0.05) is 11.9 Å². The highest BCUT2D eigenvalue weighted by molar-refractivity contribution is 6.17. The number of halogens is 1. The number of hydrogen-bond acceptors (Lipinski definition) is 2. The van der Waals surface area contributed by atoms with Crippen LogP contribution in [0.3, 0.4) is 0 Å². The molecule has 0 fully saturated rings. The first-order valence-corrected chi connectivity index (χ1v) is 6.06. The summed E-state index contributed by atoms with van der Waals surface area (Å²) in [5.41, 5.74) is 0. The average Bonchev–Trinajstić information content (AvgIpc) is 2.37. The lowest BCUT2D eigenvalue weighted by Gasteiger charge is -2.01. The molecular formula is C13H21ClO2. The van der Waals surface area contributed by atoms with Crippen LogP contribution in [0.25, 0.3) is 0 Å². The summed E-state index contributed by atoms with van der Waals surface area (Å²) in [5.74, 6) is 2.46. The van der Waals surface area contributed by atoms with Gasteiger partial charge in [-0.25, -0.2) is 0 Å². The number of hydrogen-bond donors (Lipinski definition) is 0. The second-order valence-electron chi connectivity index (χ2n) is 3.28. The highest BCUT2D eigenvalue weighted by Gasteiger charge is 1.91. The lowest BCUT2D eigenvalue weighted by molar-refractivity contribution is 0.394. The molecule has 0 radical (unpaired) electrons. The molecule has 0 atom stereocenters. The quantitative estimate of drug-likeness (QED) is 0.573. The van der Waals surface area contributed by atoms with E-state index in [1.54, 1.807) is 14.2 Å². The Kier molecular flexibility index (Phi) is 10.0. The summed E-state index contributed by atoms with van der Waals surface area (Å²) in [7, 11) is 3.27. The van der Waals surface area contributed by atoms with Gasteiger partial charge in [-0.15, -0.1) is 11.6 Å². The molecule has 16 heavy (non-hydrogen) atoms. The molecule has 2 nitrogen and oxygen atoms in total. The standard InChI is InChI=1S/C8H10O2.C5H11Cl/c1-9-7-4-3-5-8(6-7)10-2;1-2-3-4-5-6/h3-6H,1-2H3;2-5H2,1H3. The number of alkyl halides is 1. The van der Waals surface area contributed by atoms with Crippen LogP contribution in [0, 0.1) is 0 Å². The smallest absolute Gasteiger partial charge is 0.122 e. The lowest BCUT2D eigenvalue weighted by Crippen LogP contribution is -1.84. The van der Waals surface area contributed by atoms with E-state index in [0.29, 0.717) is 0 Å². The number of benzene rings is 1. The molecule has 0 unspecified atom stereocenters. The minimum atomic E-state index is 0.819. The molecule has 0 bridgehead atoms. The van der Waals surface area contributed by atoms with E-state index in [4.69, 9.17) is 21.1 Å². The van der Waals surface area contributed by atoms with Crippen LogP contribution in [0.2, 0.25) is 0 Å². The van der Waals surface area contributed by atoms with Gasteiger partial charge in [-0.05, 0) is 18.6 Å². The van der Waals surface area contributed by atoms with E-state index in [1.807, 2.05) is 24.3 Å². The van der Waals surface area contributed by atoms with Crippen molar-refractivity contribution in [3.63, 3.8) is 0 Å². The summed E-state index contributed by atoms with van der Waals surface area (Å²) in [6.07, 6.45) is 3.73. The summed E-state index contributed by atoms with van der Waals surface area (Å²) in [4.78, 5) is 0. The molecule has 0 aliphatic heterocycles. The Morgan fingerprint density at radius 3 is 1.94 bits per heavy atom. The predicted octanol–water partition coefficient (Wildman–Crippen LogP) is 4.12. The van der Waals surface area contributed by atoms with Crippen LogP contribution < -0.4 is 9.47 Å². The fraction of sp³-hybridized carbons (Fsp3) is 0.538. The first kappa shape index (κ1) is 15.1. The largest absolute Gasteiger partial charge is 0.497 e. The molecule has 0 saturated heterocycles. The molecule has 1 aromatic carbocycles. The maximum absolute atomic E-state index is 5.38. The van der Waals surface area contributed by atoms with E-state index >= 15 is 0 Å². The second kappa shape index (κ2) is 10.6. The third-order valence-corrected chi connectivity index (χ3v) is 2.28.